The Hall–Kier alpha value is -0.120. The Labute approximate surface area is 110 Å². The summed E-state index contributed by atoms with van der Waals surface area (Å²) in [6.07, 6.45) is 9.71. The van der Waals surface area contributed by atoms with Crippen LogP contribution in [-0.4, -0.2) is 35.1 Å². The van der Waals surface area contributed by atoms with Gasteiger partial charge in [-0.1, -0.05) is 25.7 Å². The van der Waals surface area contributed by atoms with E-state index in [0.717, 1.165) is 18.3 Å². The van der Waals surface area contributed by atoms with E-state index in [1.165, 1.54) is 44.9 Å². The van der Waals surface area contributed by atoms with Gasteiger partial charge in [0.1, 0.15) is 6.10 Å². The molecule has 3 nitrogen and oxygen atoms in total. The molecule has 0 radical (unpaired) electrons. The highest BCUT2D eigenvalue weighted by molar-refractivity contribution is 4.91. The zero-order valence-electron chi connectivity index (χ0n) is 11.1. The fourth-order valence-electron chi connectivity index (χ4n) is 4.48. The van der Waals surface area contributed by atoms with E-state index in [0.29, 0.717) is 5.92 Å². The molecule has 1 saturated heterocycles. The smallest absolute Gasteiger partial charge is 0.107 e. The molecule has 3 fully saturated rings. The highest BCUT2D eigenvalue weighted by Gasteiger charge is 2.41. The molecule has 0 aromatic rings. The Morgan fingerprint density at radius 1 is 0.889 bits per heavy atom. The molecule has 1 heterocycles. The summed E-state index contributed by atoms with van der Waals surface area (Å²) in [5, 5.41) is 19.0. The van der Waals surface area contributed by atoms with E-state index in [1.54, 1.807) is 0 Å². The normalized spacial score (nSPS) is 49.0. The van der Waals surface area contributed by atoms with Gasteiger partial charge in [0.2, 0.25) is 0 Å². The van der Waals surface area contributed by atoms with Crippen molar-refractivity contribution in [3.63, 3.8) is 0 Å². The van der Waals surface area contributed by atoms with Gasteiger partial charge >= 0.3 is 0 Å². The largest absolute Gasteiger partial charge is 0.394 e. The second-order valence-electron chi connectivity index (χ2n) is 6.58. The fraction of sp³-hybridized carbons (Fsp3) is 1.00. The third kappa shape index (κ3) is 2.45. The topological polar surface area (TPSA) is 49.7 Å². The summed E-state index contributed by atoms with van der Waals surface area (Å²) in [6.45, 7) is -0.0452. The van der Waals surface area contributed by atoms with Gasteiger partial charge in [-0.3, -0.25) is 0 Å². The third-order valence-electron chi connectivity index (χ3n) is 5.54. The maximum Gasteiger partial charge on any atom is 0.107 e. The molecule has 104 valence electrons. The van der Waals surface area contributed by atoms with Gasteiger partial charge in [0.25, 0.3) is 0 Å². The van der Waals surface area contributed by atoms with Crippen molar-refractivity contribution in [3.05, 3.63) is 0 Å². The highest BCUT2D eigenvalue weighted by atomic mass is 16.5. The van der Waals surface area contributed by atoms with E-state index in [1.807, 2.05) is 0 Å². The molecule has 2 aliphatic carbocycles. The molecule has 0 aromatic carbocycles. The Kier molecular flexibility index (Phi) is 3.92. The van der Waals surface area contributed by atoms with E-state index in [9.17, 15) is 5.11 Å². The Bertz CT molecular complexity index is 281. The van der Waals surface area contributed by atoms with Crippen LogP contribution in [0.5, 0.6) is 0 Å². The molecule has 6 atom stereocenters. The first-order valence-corrected chi connectivity index (χ1v) is 7.72. The van der Waals surface area contributed by atoms with Gasteiger partial charge < -0.3 is 14.9 Å². The quantitative estimate of drug-likeness (QED) is 0.793. The zero-order valence-corrected chi connectivity index (χ0v) is 11.1. The van der Waals surface area contributed by atoms with Gasteiger partial charge in [0, 0.05) is 6.42 Å². The molecule has 5 unspecified atom stereocenters. The van der Waals surface area contributed by atoms with E-state index < -0.39 is 6.10 Å². The SMILES string of the molecule is OC[C@H]1OC(C2CCC3CCCCC3C2)CC1O. The lowest BCUT2D eigenvalue weighted by atomic mass is 9.66. The molecule has 0 amide bonds. The van der Waals surface area contributed by atoms with Crippen LogP contribution in [0.25, 0.3) is 0 Å². The molecule has 0 bridgehead atoms. The van der Waals surface area contributed by atoms with Gasteiger partial charge in [0.05, 0.1) is 18.8 Å². The van der Waals surface area contributed by atoms with E-state index in [4.69, 9.17) is 9.84 Å². The fourth-order valence-corrected chi connectivity index (χ4v) is 4.48. The third-order valence-corrected chi connectivity index (χ3v) is 5.54. The minimum Gasteiger partial charge on any atom is -0.394 e. The molecule has 0 spiro atoms. The number of rotatable bonds is 2. The molecule has 3 rings (SSSR count). The van der Waals surface area contributed by atoms with Crippen LogP contribution in [0.1, 0.15) is 51.4 Å². The van der Waals surface area contributed by atoms with Crippen molar-refractivity contribution >= 4 is 0 Å². The van der Waals surface area contributed by atoms with Crippen LogP contribution < -0.4 is 0 Å². The van der Waals surface area contributed by atoms with Crippen LogP contribution in [0.2, 0.25) is 0 Å². The summed E-state index contributed by atoms with van der Waals surface area (Å²) in [6, 6.07) is 0. The molecule has 2 saturated carbocycles. The monoisotopic (exact) mass is 254 g/mol. The number of hydrogen-bond donors (Lipinski definition) is 2. The lowest BCUT2D eigenvalue weighted by molar-refractivity contribution is -0.0519. The first-order chi connectivity index (χ1) is 8.78. The van der Waals surface area contributed by atoms with Gasteiger partial charge in [0.15, 0.2) is 0 Å². The van der Waals surface area contributed by atoms with Crippen molar-refractivity contribution in [3.8, 4) is 0 Å². The number of hydrogen-bond acceptors (Lipinski definition) is 3. The Morgan fingerprint density at radius 2 is 1.61 bits per heavy atom. The van der Waals surface area contributed by atoms with Crippen molar-refractivity contribution in [2.45, 2.75) is 69.7 Å². The summed E-state index contributed by atoms with van der Waals surface area (Å²) in [5.41, 5.74) is 0. The predicted octanol–water partition coefficient (Wildman–Crippen LogP) is 2.10. The van der Waals surface area contributed by atoms with Crippen LogP contribution in [0, 0.1) is 17.8 Å². The van der Waals surface area contributed by atoms with Gasteiger partial charge in [-0.15, -0.1) is 0 Å². The minimum absolute atomic E-state index is 0.0452. The molecule has 0 aromatic heterocycles. The molecule has 2 N–H and O–H groups in total. The lowest BCUT2D eigenvalue weighted by Crippen LogP contribution is -2.33. The van der Waals surface area contributed by atoms with E-state index in [-0.39, 0.29) is 18.8 Å². The van der Waals surface area contributed by atoms with Crippen LogP contribution in [0.3, 0.4) is 0 Å². The summed E-state index contributed by atoms with van der Waals surface area (Å²) in [5.74, 6) is 2.50. The molecule has 3 heteroatoms. The van der Waals surface area contributed by atoms with Crippen molar-refractivity contribution in [2.75, 3.05) is 6.61 Å². The van der Waals surface area contributed by atoms with E-state index in [2.05, 4.69) is 0 Å². The number of ether oxygens (including phenoxy) is 1. The van der Waals surface area contributed by atoms with Crippen LogP contribution in [-0.2, 0) is 4.74 Å². The minimum atomic E-state index is -0.455. The number of aliphatic hydroxyl groups is 2. The van der Waals surface area contributed by atoms with Gasteiger partial charge in [-0.2, -0.15) is 0 Å². The van der Waals surface area contributed by atoms with Crippen molar-refractivity contribution in [1.82, 2.24) is 0 Å². The number of fused-ring (bicyclic) bond motifs is 1. The van der Waals surface area contributed by atoms with Crippen molar-refractivity contribution < 1.29 is 14.9 Å². The second-order valence-corrected chi connectivity index (χ2v) is 6.58. The Balaban J connectivity index is 1.58. The Morgan fingerprint density at radius 3 is 2.33 bits per heavy atom. The lowest BCUT2D eigenvalue weighted by Gasteiger charge is -2.41. The summed E-state index contributed by atoms with van der Waals surface area (Å²) < 4.78 is 5.84. The number of aliphatic hydroxyl groups excluding tert-OH is 2. The zero-order chi connectivity index (χ0) is 12.5. The maximum absolute atomic E-state index is 9.84. The average molecular weight is 254 g/mol. The average Bonchev–Trinajstić information content (AvgIpc) is 2.79. The second kappa shape index (κ2) is 5.48. The highest BCUT2D eigenvalue weighted by Crippen LogP contribution is 2.45. The molecule has 3 aliphatic rings. The molecular formula is C15H26O3. The standard InChI is InChI=1S/C15H26O3/c16-9-15-13(17)8-14(18-15)12-6-5-10-3-1-2-4-11(10)7-12/h10-17H,1-9H2/t10?,11?,12?,13?,14?,15-/m1/s1. The first kappa shape index (κ1) is 12.9. The summed E-state index contributed by atoms with van der Waals surface area (Å²) >= 11 is 0. The van der Waals surface area contributed by atoms with Crippen LogP contribution in [0.15, 0.2) is 0 Å². The molecule has 18 heavy (non-hydrogen) atoms. The van der Waals surface area contributed by atoms with Crippen molar-refractivity contribution in [1.29, 1.82) is 0 Å². The first-order valence-electron chi connectivity index (χ1n) is 7.72. The van der Waals surface area contributed by atoms with Gasteiger partial charge in [-0.05, 0) is 37.0 Å². The predicted molar refractivity (Wildman–Crippen MR) is 69.2 cm³/mol. The van der Waals surface area contributed by atoms with Crippen molar-refractivity contribution in [2.24, 2.45) is 17.8 Å². The maximum atomic E-state index is 9.84. The molecule has 1 aliphatic heterocycles. The summed E-state index contributed by atoms with van der Waals surface area (Å²) in [4.78, 5) is 0. The molecular weight excluding hydrogens is 228 g/mol. The van der Waals surface area contributed by atoms with Crippen LogP contribution in [0.4, 0.5) is 0 Å². The van der Waals surface area contributed by atoms with E-state index >= 15 is 0 Å². The van der Waals surface area contributed by atoms with Gasteiger partial charge in [-0.25, -0.2) is 0 Å². The van der Waals surface area contributed by atoms with Crippen LogP contribution >= 0.6 is 0 Å². The summed E-state index contributed by atoms with van der Waals surface area (Å²) in [7, 11) is 0.